The van der Waals surface area contributed by atoms with E-state index in [0.717, 1.165) is 0 Å². The van der Waals surface area contributed by atoms with E-state index in [1.165, 1.54) is 42.2 Å². The van der Waals surface area contributed by atoms with Gasteiger partial charge in [0.15, 0.2) is 10.9 Å². The van der Waals surface area contributed by atoms with E-state index in [9.17, 15) is 9.18 Å². The minimum Gasteiger partial charge on any atom is -0.298 e. The van der Waals surface area contributed by atoms with Gasteiger partial charge in [-0.3, -0.25) is 15.6 Å². The fourth-order valence-corrected chi connectivity index (χ4v) is 1.85. The van der Waals surface area contributed by atoms with E-state index in [2.05, 4.69) is 20.8 Å². The van der Waals surface area contributed by atoms with Crippen LogP contribution >= 0.6 is 23.4 Å². The van der Waals surface area contributed by atoms with Crippen molar-refractivity contribution in [1.82, 2.24) is 15.4 Å². The average molecular weight is 313 g/mol. The highest BCUT2D eigenvalue weighted by Gasteiger charge is 2.13. The van der Waals surface area contributed by atoms with Gasteiger partial charge in [0.1, 0.15) is 5.82 Å². The molecule has 2 N–H and O–H groups in total. The maximum atomic E-state index is 12.7. The topological polar surface area (TPSA) is 66.9 Å². The predicted octanol–water partition coefficient (Wildman–Crippen LogP) is 2.75. The number of hydrogen-bond acceptors (Lipinski definition) is 5. The largest absolute Gasteiger partial charge is 0.298 e. The number of hydrogen-bond donors (Lipinski definition) is 2. The van der Waals surface area contributed by atoms with Crippen molar-refractivity contribution in [3.63, 3.8) is 0 Å². The van der Waals surface area contributed by atoms with E-state index in [-0.39, 0.29) is 16.5 Å². The number of hydrazine groups is 1. The third-order valence-corrected chi connectivity index (χ3v) is 3.12. The summed E-state index contributed by atoms with van der Waals surface area (Å²) in [6.07, 6.45) is 3.16. The Balaban J connectivity index is 2.06. The normalized spacial score (nSPS) is 10.2. The van der Waals surface area contributed by atoms with E-state index in [4.69, 9.17) is 11.6 Å². The molecule has 0 radical (unpaired) electrons. The van der Waals surface area contributed by atoms with Crippen molar-refractivity contribution in [3.05, 3.63) is 47.0 Å². The number of rotatable bonds is 4. The maximum Gasteiger partial charge on any atom is 0.289 e. The van der Waals surface area contributed by atoms with Gasteiger partial charge in [-0.25, -0.2) is 14.4 Å². The van der Waals surface area contributed by atoms with Gasteiger partial charge in [-0.1, -0.05) is 23.4 Å². The molecule has 0 fully saturated rings. The minimum atomic E-state index is -0.503. The lowest BCUT2D eigenvalue weighted by Gasteiger charge is -2.09. The van der Waals surface area contributed by atoms with E-state index in [0.29, 0.717) is 10.8 Å². The van der Waals surface area contributed by atoms with Crippen molar-refractivity contribution in [2.75, 3.05) is 11.7 Å². The summed E-state index contributed by atoms with van der Waals surface area (Å²) in [5, 5.41) is 0.600. The first-order valence-electron chi connectivity index (χ1n) is 5.48. The molecule has 8 heteroatoms. The number of halogens is 2. The van der Waals surface area contributed by atoms with E-state index in [1.807, 2.05) is 0 Å². The number of nitrogens with zero attached hydrogens (tertiary/aromatic N) is 2. The highest BCUT2D eigenvalue weighted by molar-refractivity contribution is 7.98. The van der Waals surface area contributed by atoms with Crippen molar-refractivity contribution in [1.29, 1.82) is 0 Å². The summed E-state index contributed by atoms with van der Waals surface area (Å²) in [6, 6.07) is 5.53. The number of amides is 1. The maximum absolute atomic E-state index is 12.7. The highest BCUT2D eigenvalue weighted by Crippen LogP contribution is 2.16. The highest BCUT2D eigenvalue weighted by atomic mass is 35.5. The van der Waals surface area contributed by atoms with Crippen molar-refractivity contribution in [2.24, 2.45) is 0 Å². The smallest absolute Gasteiger partial charge is 0.289 e. The summed E-state index contributed by atoms with van der Waals surface area (Å²) in [5.41, 5.74) is 5.68. The molecule has 0 aliphatic rings. The van der Waals surface area contributed by atoms with Crippen LogP contribution in [-0.2, 0) is 0 Å². The summed E-state index contributed by atoms with van der Waals surface area (Å²) in [7, 11) is 0. The van der Waals surface area contributed by atoms with Gasteiger partial charge in [-0.05, 0) is 30.5 Å². The lowest BCUT2D eigenvalue weighted by Crippen LogP contribution is -2.30. The average Bonchev–Trinajstić information content (AvgIpc) is 2.47. The molecular weight excluding hydrogens is 303 g/mol. The fraction of sp³-hybridized carbons (Fsp3) is 0.0833. The van der Waals surface area contributed by atoms with E-state index < -0.39 is 5.91 Å². The molecule has 0 spiro atoms. The van der Waals surface area contributed by atoms with Gasteiger partial charge in [-0.15, -0.1) is 0 Å². The van der Waals surface area contributed by atoms with Gasteiger partial charge in [-0.2, -0.15) is 0 Å². The molecule has 5 nitrogen and oxygen atoms in total. The molecule has 0 aliphatic heterocycles. The molecule has 1 amide bonds. The molecule has 0 bridgehead atoms. The monoisotopic (exact) mass is 312 g/mol. The van der Waals surface area contributed by atoms with Crippen molar-refractivity contribution >= 4 is 35.0 Å². The standard InChI is InChI=1S/C12H10ClFN4OS/c1-20-12-15-6-9(13)10(16-12)11(19)18-17-8-4-2-7(14)3-5-8/h2-6,17H,1H3,(H,18,19). The number of anilines is 1. The molecule has 0 saturated heterocycles. The molecule has 104 valence electrons. The number of thioether (sulfide) groups is 1. The molecule has 1 aromatic carbocycles. The third kappa shape index (κ3) is 3.58. The molecule has 2 rings (SSSR count). The van der Waals surface area contributed by atoms with Gasteiger partial charge in [0.05, 0.1) is 16.9 Å². The Morgan fingerprint density at radius 1 is 1.35 bits per heavy atom. The summed E-state index contributed by atoms with van der Waals surface area (Å²) < 4.78 is 12.7. The lowest BCUT2D eigenvalue weighted by atomic mass is 10.3. The van der Waals surface area contributed by atoms with Gasteiger partial charge < -0.3 is 0 Å². The van der Waals surface area contributed by atoms with Crippen LogP contribution in [0.4, 0.5) is 10.1 Å². The molecule has 2 aromatic rings. The van der Waals surface area contributed by atoms with Crippen LogP contribution in [0.15, 0.2) is 35.6 Å². The second-order valence-electron chi connectivity index (χ2n) is 3.64. The molecule has 0 unspecified atom stereocenters. The lowest BCUT2D eigenvalue weighted by molar-refractivity contribution is 0.0957. The van der Waals surface area contributed by atoms with Crippen molar-refractivity contribution in [3.8, 4) is 0 Å². The van der Waals surface area contributed by atoms with Crippen molar-refractivity contribution < 1.29 is 9.18 Å². The summed E-state index contributed by atoms with van der Waals surface area (Å²) >= 11 is 7.18. The van der Waals surface area contributed by atoms with Crippen LogP contribution in [0, 0.1) is 5.82 Å². The zero-order valence-electron chi connectivity index (χ0n) is 10.4. The Kier molecular flexibility index (Phi) is 4.75. The minimum absolute atomic E-state index is 0.0700. The van der Waals surface area contributed by atoms with Gasteiger partial charge in [0, 0.05) is 0 Å². The van der Waals surface area contributed by atoms with Gasteiger partial charge in [0.25, 0.3) is 5.91 Å². The van der Waals surface area contributed by atoms with E-state index >= 15 is 0 Å². The Hall–Kier alpha value is -1.86. The first-order chi connectivity index (χ1) is 9.60. The van der Waals surface area contributed by atoms with Gasteiger partial charge >= 0.3 is 0 Å². The Labute approximate surface area is 123 Å². The SMILES string of the molecule is CSc1ncc(Cl)c(C(=O)NNc2ccc(F)cc2)n1. The van der Waals surface area contributed by atoms with Crippen LogP contribution in [-0.4, -0.2) is 22.1 Å². The summed E-state index contributed by atoms with van der Waals surface area (Å²) in [5.74, 6) is -0.859. The van der Waals surface area contributed by atoms with Crippen LogP contribution in [0.1, 0.15) is 10.5 Å². The van der Waals surface area contributed by atoms with Gasteiger partial charge in [0.2, 0.25) is 0 Å². The molecule has 1 heterocycles. The van der Waals surface area contributed by atoms with Crippen LogP contribution in [0.2, 0.25) is 5.02 Å². The Bertz CT molecular complexity index is 623. The number of carbonyl (C=O) groups excluding carboxylic acids is 1. The number of aromatic nitrogens is 2. The molecule has 1 aromatic heterocycles. The first-order valence-corrected chi connectivity index (χ1v) is 7.09. The number of benzene rings is 1. The molecular formula is C12H10ClFN4OS. The van der Waals surface area contributed by atoms with Crippen LogP contribution in [0.25, 0.3) is 0 Å². The third-order valence-electron chi connectivity index (χ3n) is 2.28. The fourth-order valence-electron chi connectivity index (χ4n) is 1.33. The summed E-state index contributed by atoms with van der Waals surface area (Å²) in [6.45, 7) is 0. The predicted molar refractivity (Wildman–Crippen MR) is 76.3 cm³/mol. The molecule has 0 aliphatic carbocycles. The zero-order chi connectivity index (χ0) is 14.5. The van der Waals surface area contributed by atoms with Crippen molar-refractivity contribution in [2.45, 2.75) is 5.16 Å². The van der Waals surface area contributed by atoms with E-state index in [1.54, 1.807) is 6.26 Å². The second-order valence-corrected chi connectivity index (χ2v) is 4.82. The zero-order valence-corrected chi connectivity index (χ0v) is 11.9. The first kappa shape index (κ1) is 14.5. The van der Waals surface area contributed by atoms with Crippen LogP contribution < -0.4 is 10.9 Å². The van der Waals surface area contributed by atoms with Crippen LogP contribution in [0.5, 0.6) is 0 Å². The number of carbonyl (C=O) groups is 1. The molecule has 0 saturated carbocycles. The molecule has 20 heavy (non-hydrogen) atoms. The summed E-state index contributed by atoms with van der Waals surface area (Å²) in [4.78, 5) is 19.9. The Morgan fingerprint density at radius 3 is 2.70 bits per heavy atom. The quantitative estimate of drug-likeness (QED) is 0.516. The Morgan fingerprint density at radius 2 is 2.05 bits per heavy atom. The second kappa shape index (κ2) is 6.53. The van der Waals surface area contributed by atoms with Crippen LogP contribution in [0.3, 0.4) is 0 Å². The number of nitrogens with one attached hydrogen (secondary N) is 2. The molecule has 0 atom stereocenters.